The molecule has 2 nitrogen and oxygen atoms in total. The third kappa shape index (κ3) is 10.9. The highest BCUT2D eigenvalue weighted by Crippen LogP contribution is 2.13. The van der Waals surface area contributed by atoms with Crippen LogP contribution >= 0.6 is 0 Å². The molecule has 0 unspecified atom stereocenters. The van der Waals surface area contributed by atoms with Gasteiger partial charge in [-0.2, -0.15) is 0 Å². The summed E-state index contributed by atoms with van der Waals surface area (Å²) >= 11 is 0. The Labute approximate surface area is 138 Å². The number of aromatic nitrogens is 2. The maximum Gasteiger partial charge on any atom is 0.103 e. The molecule has 0 aliphatic heterocycles. The van der Waals surface area contributed by atoms with Crippen LogP contribution in [0.4, 0.5) is 0 Å². The SMILES string of the molecule is CCCCCCCCCCCCCCCCc1cnc(C)[nH]1. The Kier molecular flexibility index (Phi) is 12.1. The molecule has 0 atom stereocenters. The smallest absolute Gasteiger partial charge is 0.103 e. The van der Waals surface area contributed by atoms with Crippen molar-refractivity contribution in [2.24, 2.45) is 0 Å². The van der Waals surface area contributed by atoms with Gasteiger partial charge in [-0.1, -0.05) is 90.4 Å². The Balaban J connectivity index is 1.73. The number of aryl methyl sites for hydroxylation is 2. The Hall–Kier alpha value is -0.790. The fourth-order valence-electron chi connectivity index (χ4n) is 3.11. The molecule has 2 heteroatoms. The minimum atomic E-state index is 1.04. The van der Waals surface area contributed by atoms with Crippen molar-refractivity contribution in [3.05, 3.63) is 17.7 Å². The molecule has 0 bridgehead atoms. The van der Waals surface area contributed by atoms with Gasteiger partial charge in [0.15, 0.2) is 0 Å². The lowest BCUT2D eigenvalue weighted by atomic mass is 10.0. The molecule has 0 fully saturated rings. The van der Waals surface area contributed by atoms with E-state index in [2.05, 4.69) is 16.9 Å². The molecule has 0 aliphatic rings. The van der Waals surface area contributed by atoms with Gasteiger partial charge in [0.05, 0.1) is 0 Å². The van der Waals surface area contributed by atoms with Crippen LogP contribution in [0.5, 0.6) is 0 Å². The lowest BCUT2D eigenvalue weighted by molar-refractivity contribution is 0.535. The molecule has 1 N–H and O–H groups in total. The molecular weight excluding hydrogens is 268 g/mol. The number of imidazole rings is 1. The Morgan fingerprint density at radius 3 is 1.59 bits per heavy atom. The van der Waals surface area contributed by atoms with Crippen LogP contribution in [-0.4, -0.2) is 9.97 Å². The maximum absolute atomic E-state index is 4.25. The molecule has 0 amide bonds. The molecule has 1 rings (SSSR count). The van der Waals surface area contributed by atoms with Crippen LogP contribution in [0.2, 0.25) is 0 Å². The summed E-state index contributed by atoms with van der Waals surface area (Å²) in [7, 11) is 0. The fourth-order valence-corrected chi connectivity index (χ4v) is 3.11. The lowest BCUT2D eigenvalue weighted by Crippen LogP contribution is -1.87. The highest BCUT2D eigenvalue weighted by Gasteiger charge is 1.97. The number of hydrogen-bond acceptors (Lipinski definition) is 1. The van der Waals surface area contributed by atoms with Crippen molar-refractivity contribution in [1.82, 2.24) is 9.97 Å². The van der Waals surface area contributed by atoms with Crippen LogP contribution in [-0.2, 0) is 6.42 Å². The van der Waals surface area contributed by atoms with Gasteiger partial charge in [0.1, 0.15) is 5.82 Å². The van der Waals surface area contributed by atoms with Crippen molar-refractivity contribution in [1.29, 1.82) is 0 Å². The summed E-state index contributed by atoms with van der Waals surface area (Å²) in [4.78, 5) is 7.56. The monoisotopic (exact) mass is 306 g/mol. The van der Waals surface area contributed by atoms with Crippen LogP contribution in [0.1, 0.15) is 108 Å². The van der Waals surface area contributed by atoms with E-state index in [0.717, 1.165) is 5.82 Å². The van der Waals surface area contributed by atoms with Gasteiger partial charge in [-0.3, -0.25) is 0 Å². The number of nitrogens with one attached hydrogen (secondary N) is 1. The summed E-state index contributed by atoms with van der Waals surface area (Å²) in [5.74, 6) is 1.04. The fraction of sp³-hybridized carbons (Fsp3) is 0.850. The maximum atomic E-state index is 4.25. The van der Waals surface area contributed by atoms with E-state index in [1.807, 2.05) is 13.1 Å². The van der Waals surface area contributed by atoms with E-state index >= 15 is 0 Å². The number of unbranched alkanes of at least 4 members (excludes halogenated alkanes) is 13. The van der Waals surface area contributed by atoms with Crippen molar-refractivity contribution in [3.8, 4) is 0 Å². The second-order valence-electron chi connectivity index (χ2n) is 6.84. The summed E-state index contributed by atoms with van der Waals surface area (Å²) < 4.78 is 0. The first-order chi connectivity index (χ1) is 10.8. The summed E-state index contributed by atoms with van der Waals surface area (Å²) in [6, 6.07) is 0. The van der Waals surface area contributed by atoms with E-state index in [0.29, 0.717) is 0 Å². The standard InChI is InChI=1S/C20H38N2/c1-3-4-5-6-7-8-9-10-11-12-13-14-15-16-17-20-18-21-19(2)22-20/h18H,3-17H2,1-2H3,(H,21,22). The molecule has 1 heterocycles. The average molecular weight is 307 g/mol. The summed E-state index contributed by atoms with van der Waals surface area (Å²) in [5.41, 5.74) is 1.30. The van der Waals surface area contributed by atoms with E-state index in [1.165, 1.54) is 102 Å². The van der Waals surface area contributed by atoms with Gasteiger partial charge >= 0.3 is 0 Å². The zero-order valence-corrected chi connectivity index (χ0v) is 15.1. The minimum Gasteiger partial charge on any atom is -0.346 e. The van der Waals surface area contributed by atoms with E-state index in [9.17, 15) is 0 Å². The van der Waals surface area contributed by atoms with Crippen molar-refractivity contribution in [2.75, 3.05) is 0 Å². The van der Waals surface area contributed by atoms with Crippen LogP contribution in [0.15, 0.2) is 6.20 Å². The number of hydrogen-bond donors (Lipinski definition) is 1. The van der Waals surface area contributed by atoms with Crippen molar-refractivity contribution >= 4 is 0 Å². The zero-order valence-electron chi connectivity index (χ0n) is 15.1. The summed E-state index contributed by atoms with van der Waals surface area (Å²) in [6.45, 7) is 4.31. The van der Waals surface area contributed by atoms with E-state index in [4.69, 9.17) is 0 Å². The van der Waals surface area contributed by atoms with Crippen LogP contribution < -0.4 is 0 Å². The first-order valence-corrected chi connectivity index (χ1v) is 9.83. The predicted molar refractivity (Wildman–Crippen MR) is 97.3 cm³/mol. The Morgan fingerprint density at radius 2 is 1.18 bits per heavy atom. The molecule has 0 saturated carbocycles. The molecule has 0 aliphatic carbocycles. The van der Waals surface area contributed by atoms with Crippen LogP contribution in [0.25, 0.3) is 0 Å². The largest absolute Gasteiger partial charge is 0.346 e. The molecule has 0 spiro atoms. The average Bonchev–Trinajstić information content (AvgIpc) is 2.93. The van der Waals surface area contributed by atoms with E-state index in [-0.39, 0.29) is 0 Å². The first kappa shape index (κ1) is 19.3. The lowest BCUT2D eigenvalue weighted by Gasteiger charge is -2.03. The van der Waals surface area contributed by atoms with Crippen LogP contribution in [0, 0.1) is 6.92 Å². The topological polar surface area (TPSA) is 28.7 Å². The molecule has 0 radical (unpaired) electrons. The van der Waals surface area contributed by atoms with Gasteiger partial charge in [-0.05, 0) is 19.8 Å². The molecular formula is C20H38N2. The number of aromatic amines is 1. The van der Waals surface area contributed by atoms with Crippen molar-refractivity contribution in [2.45, 2.75) is 110 Å². The molecule has 0 saturated heterocycles. The van der Waals surface area contributed by atoms with Crippen molar-refractivity contribution in [3.63, 3.8) is 0 Å². The van der Waals surface area contributed by atoms with Crippen LogP contribution in [0.3, 0.4) is 0 Å². The molecule has 128 valence electrons. The summed E-state index contributed by atoms with van der Waals surface area (Å²) in [5, 5.41) is 0. The van der Waals surface area contributed by atoms with E-state index < -0.39 is 0 Å². The Morgan fingerprint density at radius 1 is 0.727 bits per heavy atom. The molecule has 1 aromatic rings. The third-order valence-electron chi connectivity index (χ3n) is 4.56. The second-order valence-corrected chi connectivity index (χ2v) is 6.84. The number of nitrogens with zero attached hydrogens (tertiary/aromatic N) is 1. The van der Waals surface area contributed by atoms with Gasteiger partial charge in [-0.15, -0.1) is 0 Å². The quantitative estimate of drug-likeness (QED) is 0.357. The molecule has 22 heavy (non-hydrogen) atoms. The van der Waals surface area contributed by atoms with Gasteiger partial charge in [0.2, 0.25) is 0 Å². The molecule has 1 aromatic heterocycles. The van der Waals surface area contributed by atoms with Crippen molar-refractivity contribution < 1.29 is 0 Å². The normalized spacial score (nSPS) is 11.2. The highest BCUT2D eigenvalue weighted by molar-refractivity contribution is 4.99. The molecule has 0 aromatic carbocycles. The number of H-pyrrole nitrogens is 1. The first-order valence-electron chi connectivity index (χ1n) is 9.83. The Bertz CT molecular complexity index is 343. The van der Waals surface area contributed by atoms with Gasteiger partial charge in [0, 0.05) is 11.9 Å². The third-order valence-corrected chi connectivity index (χ3v) is 4.56. The van der Waals surface area contributed by atoms with Gasteiger partial charge in [0.25, 0.3) is 0 Å². The van der Waals surface area contributed by atoms with Gasteiger partial charge in [-0.25, -0.2) is 4.98 Å². The predicted octanol–water partition coefficient (Wildman–Crippen LogP) is 6.74. The highest BCUT2D eigenvalue weighted by atomic mass is 14.9. The van der Waals surface area contributed by atoms with E-state index in [1.54, 1.807) is 0 Å². The zero-order chi connectivity index (χ0) is 15.9. The number of rotatable bonds is 15. The second kappa shape index (κ2) is 13.8. The van der Waals surface area contributed by atoms with Gasteiger partial charge < -0.3 is 4.98 Å². The minimum absolute atomic E-state index is 1.04. The summed E-state index contributed by atoms with van der Waals surface area (Å²) in [6.07, 6.45) is 23.1.